The lowest BCUT2D eigenvalue weighted by atomic mass is 9.77. The molecule has 1 spiro atoms. The summed E-state index contributed by atoms with van der Waals surface area (Å²) in [5.41, 5.74) is 1.63. The van der Waals surface area contributed by atoms with Crippen LogP contribution in [-0.2, 0) is 14.3 Å². The van der Waals surface area contributed by atoms with Crippen LogP contribution in [0.2, 0.25) is 0 Å². The van der Waals surface area contributed by atoms with Gasteiger partial charge in [0.1, 0.15) is 5.82 Å². The molecule has 1 atom stereocenters. The summed E-state index contributed by atoms with van der Waals surface area (Å²) in [4.78, 5) is 41.2. The van der Waals surface area contributed by atoms with E-state index in [1.54, 1.807) is 35.0 Å². The van der Waals surface area contributed by atoms with E-state index in [9.17, 15) is 18.8 Å². The Bertz CT molecular complexity index is 1010. The van der Waals surface area contributed by atoms with E-state index in [-0.39, 0.29) is 30.0 Å². The lowest BCUT2D eigenvalue weighted by Gasteiger charge is -2.45. The van der Waals surface area contributed by atoms with Gasteiger partial charge in [-0.15, -0.1) is 0 Å². The minimum atomic E-state index is -0.600. The quantitative estimate of drug-likeness (QED) is 0.710. The van der Waals surface area contributed by atoms with E-state index in [1.807, 2.05) is 18.2 Å². The van der Waals surface area contributed by atoms with Crippen molar-refractivity contribution in [2.75, 3.05) is 27.2 Å². The van der Waals surface area contributed by atoms with E-state index < -0.39 is 11.5 Å². The molecule has 0 saturated carbocycles. The number of hydrogen-bond donors (Lipinski definition) is 0. The van der Waals surface area contributed by atoms with Crippen LogP contribution in [0.3, 0.4) is 0 Å². The van der Waals surface area contributed by atoms with Crippen LogP contribution in [0.4, 0.5) is 4.39 Å². The largest absolute Gasteiger partial charge is 0.469 e. The zero-order chi connectivity index (χ0) is 22.2. The third kappa shape index (κ3) is 3.69. The van der Waals surface area contributed by atoms with E-state index in [0.29, 0.717) is 31.5 Å². The van der Waals surface area contributed by atoms with Gasteiger partial charge in [0.2, 0.25) is 5.91 Å². The van der Waals surface area contributed by atoms with Crippen LogP contribution in [0.1, 0.15) is 29.6 Å². The standard InChI is InChI=1S/C24H25FN2O4/c1-26-21(28)15-20(23(30)31-2)24(26)10-12-27(13-11-24)22(29)18-5-3-4-17(14-18)16-6-8-19(25)9-7-16/h3-9,14,20H,10-13,15H2,1-2H3. The number of nitrogens with zero attached hydrogens (tertiary/aromatic N) is 2. The molecule has 0 radical (unpaired) electrons. The number of benzene rings is 2. The molecule has 4 rings (SSSR count). The van der Waals surface area contributed by atoms with Crippen molar-refractivity contribution in [2.45, 2.75) is 24.8 Å². The SMILES string of the molecule is COC(=O)C1CC(=O)N(C)C12CCN(C(=O)c1cccc(-c3ccc(F)cc3)c1)CC2. The molecule has 0 aliphatic carbocycles. The summed E-state index contributed by atoms with van der Waals surface area (Å²) in [6.07, 6.45) is 1.20. The normalized spacial score (nSPS) is 20.2. The molecule has 2 fully saturated rings. The van der Waals surface area contributed by atoms with Crippen LogP contribution in [0.25, 0.3) is 11.1 Å². The number of likely N-dealkylation sites (tertiary alicyclic amines) is 2. The van der Waals surface area contributed by atoms with Crippen LogP contribution >= 0.6 is 0 Å². The number of rotatable bonds is 3. The Morgan fingerprint density at radius 3 is 2.39 bits per heavy atom. The summed E-state index contributed by atoms with van der Waals surface area (Å²) in [7, 11) is 3.07. The van der Waals surface area contributed by atoms with Gasteiger partial charge in [-0.1, -0.05) is 24.3 Å². The summed E-state index contributed by atoms with van der Waals surface area (Å²) >= 11 is 0. The van der Waals surface area contributed by atoms with E-state index in [1.165, 1.54) is 19.2 Å². The molecule has 2 aromatic carbocycles. The predicted molar refractivity (Wildman–Crippen MR) is 113 cm³/mol. The Labute approximate surface area is 180 Å². The molecule has 0 N–H and O–H groups in total. The van der Waals surface area contributed by atoms with Crippen molar-refractivity contribution < 1.29 is 23.5 Å². The molecule has 2 aliphatic heterocycles. The zero-order valence-corrected chi connectivity index (χ0v) is 17.6. The summed E-state index contributed by atoms with van der Waals surface area (Å²) in [5, 5.41) is 0. The molecule has 7 heteroatoms. The van der Waals surface area contributed by atoms with Gasteiger partial charge in [0, 0.05) is 32.1 Å². The van der Waals surface area contributed by atoms with Gasteiger partial charge in [0.25, 0.3) is 5.91 Å². The third-order valence-electron chi connectivity index (χ3n) is 6.76. The zero-order valence-electron chi connectivity index (χ0n) is 17.6. The number of carbonyl (C=O) groups is 3. The Balaban J connectivity index is 1.51. The van der Waals surface area contributed by atoms with Gasteiger partial charge in [0.15, 0.2) is 0 Å². The van der Waals surface area contributed by atoms with Gasteiger partial charge < -0.3 is 14.5 Å². The predicted octanol–water partition coefficient (Wildman–Crippen LogP) is 3.12. The number of hydrogen-bond acceptors (Lipinski definition) is 4. The number of piperidine rings is 1. The van der Waals surface area contributed by atoms with Crippen molar-refractivity contribution in [3.63, 3.8) is 0 Å². The first-order valence-corrected chi connectivity index (χ1v) is 10.4. The van der Waals surface area contributed by atoms with Gasteiger partial charge in [0.05, 0.1) is 18.6 Å². The number of ether oxygens (including phenoxy) is 1. The molecule has 162 valence electrons. The first-order chi connectivity index (χ1) is 14.9. The highest BCUT2D eigenvalue weighted by Crippen LogP contribution is 2.43. The Morgan fingerprint density at radius 2 is 1.74 bits per heavy atom. The smallest absolute Gasteiger partial charge is 0.311 e. The van der Waals surface area contributed by atoms with Crippen LogP contribution in [-0.4, -0.2) is 60.4 Å². The van der Waals surface area contributed by atoms with Crippen molar-refractivity contribution in [3.05, 3.63) is 59.9 Å². The second-order valence-electron chi connectivity index (χ2n) is 8.22. The summed E-state index contributed by atoms with van der Waals surface area (Å²) in [6, 6.07) is 13.4. The molecular weight excluding hydrogens is 399 g/mol. The van der Waals surface area contributed by atoms with Crippen LogP contribution in [0.5, 0.6) is 0 Å². The highest BCUT2D eigenvalue weighted by Gasteiger charge is 2.56. The fourth-order valence-corrected chi connectivity index (χ4v) is 4.87. The summed E-state index contributed by atoms with van der Waals surface area (Å²) in [6.45, 7) is 0.898. The van der Waals surface area contributed by atoms with Crippen molar-refractivity contribution in [2.24, 2.45) is 5.92 Å². The molecule has 2 aromatic rings. The number of esters is 1. The van der Waals surface area contributed by atoms with E-state index in [2.05, 4.69) is 0 Å². The Morgan fingerprint density at radius 1 is 1.06 bits per heavy atom. The molecule has 6 nitrogen and oxygen atoms in total. The van der Waals surface area contributed by atoms with Gasteiger partial charge in [-0.2, -0.15) is 0 Å². The number of halogens is 1. The minimum Gasteiger partial charge on any atom is -0.469 e. The molecule has 1 unspecified atom stereocenters. The molecule has 31 heavy (non-hydrogen) atoms. The van der Waals surface area contributed by atoms with E-state index >= 15 is 0 Å². The lowest BCUT2D eigenvalue weighted by molar-refractivity contribution is -0.149. The van der Waals surface area contributed by atoms with Crippen molar-refractivity contribution >= 4 is 17.8 Å². The maximum atomic E-state index is 13.2. The van der Waals surface area contributed by atoms with Crippen molar-refractivity contribution in [1.29, 1.82) is 0 Å². The average Bonchev–Trinajstić information content (AvgIpc) is 3.04. The van der Waals surface area contributed by atoms with Crippen molar-refractivity contribution in [3.8, 4) is 11.1 Å². The molecule has 2 amide bonds. The van der Waals surface area contributed by atoms with Gasteiger partial charge >= 0.3 is 5.97 Å². The number of amides is 2. The highest BCUT2D eigenvalue weighted by molar-refractivity contribution is 5.96. The molecule has 0 bridgehead atoms. The fourth-order valence-electron chi connectivity index (χ4n) is 4.87. The maximum Gasteiger partial charge on any atom is 0.311 e. The summed E-state index contributed by atoms with van der Waals surface area (Å²) < 4.78 is 18.2. The number of methoxy groups -OCH3 is 1. The molecular formula is C24H25FN2O4. The first kappa shape index (κ1) is 21.0. The average molecular weight is 424 g/mol. The Hall–Kier alpha value is -3.22. The molecule has 2 heterocycles. The van der Waals surface area contributed by atoms with Crippen LogP contribution < -0.4 is 0 Å². The lowest BCUT2D eigenvalue weighted by Crippen LogP contribution is -2.57. The number of carbonyl (C=O) groups excluding carboxylic acids is 3. The van der Waals surface area contributed by atoms with Crippen LogP contribution in [0, 0.1) is 11.7 Å². The molecule has 2 aliphatic rings. The van der Waals surface area contributed by atoms with Gasteiger partial charge in [-0.3, -0.25) is 14.4 Å². The van der Waals surface area contributed by atoms with Gasteiger partial charge in [-0.05, 0) is 48.2 Å². The monoisotopic (exact) mass is 424 g/mol. The molecule has 0 aromatic heterocycles. The van der Waals surface area contributed by atoms with Gasteiger partial charge in [-0.25, -0.2) is 4.39 Å². The van der Waals surface area contributed by atoms with E-state index in [4.69, 9.17) is 4.74 Å². The fraction of sp³-hybridized carbons (Fsp3) is 0.375. The first-order valence-electron chi connectivity index (χ1n) is 10.4. The van der Waals surface area contributed by atoms with E-state index in [0.717, 1.165) is 11.1 Å². The second-order valence-corrected chi connectivity index (χ2v) is 8.22. The van der Waals surface area contributed by atoms with Crippen molar-refractivity contribution in [1.82, 2.24) is 9.80 Å². The van der Waals surface area contributed by atoms with Crippen LogP contribution in [0.15, 0.2) is 48.5 Å². The molecule has 2 saturated heterocycles. The maximum absolute atomic E-state index is 13.2. The topological polar surface area (TPSA) is 66.9 Å². The minimum absolute atomic E-state index is 0.0674. The second kappa shape index (κ2) is 8.13. The highest BCUT2D eigenvalue weighted by atomic mass is 19.1. The third-order valence-corrected chi connectivity index (χ3v) is 6.76. The summed E-state index contributed by atoms with van der Waals surface area (Å²) in [5.74, 6) is -1.35. The Kier molecular flexibility index (Phi) is 5.52.